The van der Waals surface area contributed by atoms with E-state index in [-0.39, 0.29) is 5.56 Å². The molecule has 0 spiro atoms. The summed E-state index contributed by atoms with van der Waals surface area (Å²) in [6.45, 7) is 3.55. The van der Waals surface area contributed by atoms with Gasteiger partial charge in [-0.1, -0.05) is 12.1 Å². The number of hydrogen-bond acceptors (Lipinski definition) is 2. The molecule has 20 heavy (non-hydrogen) atoms. The molecule has 0 amide bonds. The van der Waals surface area contributed by atoms with Crippen molar-refractivity contribution in [3.63, 3.8) is 0 Å². The van der Waals surface area contributed by atoms with Gasteiger partial charge >= 0.3 is 6.18 Å². The van der Waals surface area contributed by atoms with Gasteiger partial charge < -0.3 is 5.11 Å². The normalized spacial score (nSPS) is 13.6. The van der Waals surface area contributed by atoms with Gasteiger partial charge in [0.05, 0.1) is 5.56 Å². The molecule has 6 heteroatoms. The molecule has 1 heterocycles. The minimum Gasteiger partial charge on any atom is -0.384 e. The Labute approximate surface area is 117 Å². The van der Waals surface area contributed by atoms with Gasteiger partial charge in [0.1, 0.15) is 11.9 Å². The molecule has 0 aliphatic rings. The summed E-state index contributed by atoms with van der Waals surface area (Å²) in [5.41, 5.74) is -1.29. The van der Waals surface area contributed by atoms with Crippen LogP contribution in [0.25, 0.3) is 0 Å². The maximum Gasteiger partial charge on any atom is 0.419 e. The van der Waals surface area contributed by atoms with Crippen LogP contribution in [0.1, 0.15) is 32.5 Å². The van der Waals surface area contributed by atoms with Crippen molar-refractivity contribution in [2.45, 2.75) is 26.1 Å². The lowest BCUT2D eigenvalue weighted by Gasteiger charge is -2.15. The van der Waals surface area contributed by atoms with E-state index in [2.05, 4.69) is 0 Å². The highest BCUT2D eigenvalue weighted by Crippen LogP contribution is 2.37. The standard InChI is InChI=1S/C14H12F4OS/c1-7-6-10(8(2)20-7)13(19)9-4-3-5-11(12(9)15)14(16,17)18/h3-6,13,19H,1-2H3. The van der Waals surface area contributed by atoms with Gasteiger partial charge in [0.15, 0.2) is 0 Å². The summed E-state index contributed by atoms with van der Waals surface area (Å²) >= 11 is 1.40. The van der Waals surface area contributed by atoms with E-state index in [1.807, 2.05) is 6.92 Å². The molecule has 0 bridgehead atoms. The van der Waals surface area contributed by atoms with Gasteiger partial charge in [-0.3, -0.25) is 0 Å². The first-order valence-corrected chi connectivity index (χ1v) is 6.64. The third kappa shape index (κ3) is 2.71. The van der Waals surface area contributed by atoms with Crippen molar-refractivity contribution in [1.82, 2.24) is 0 Å². The van der Waals surface area contributed by atoms with E-state index < -0.39 is 23.7 Å². The number of alkyl halides is 3. The number of halogens is 4. The first kappa shape index (κ1) is 15.0. The first-order chi connectivity index (χ1) is 9.21. The molecule has 2 aromatic rings. The summed E-state index contributed by atoms with van der Waals surface area (Å²) in [4.78, 5) is 1.66. The number of aryl methyl sites for hydroxylation is 2. The second-order valence-corrected chi connectivity index (χ2v) is 5.94. The average molecular weight is 304 g/mol. The molecule has 0 radical (unpaired) electrons. The highest BCUT2D eigenvalue weighted by molar-refractivity contribution is 7.12. The Hall–Kier alpha value is -1.40. The van der Waals surface area contributed by atoms with Crippen LogP contribution in [0.3, 0.4) is 0 Å². The first-order valence-electron chi connectivity index (χ1n) is 5.82. The van der Waals surface area contributed by atoms with Gasteiger partial charge in [-0.2, -0.15) is 13.2 Å². The summed E-state index contributed by atoms with van der Waals surface area (Å²) in [6, 6.07) is 4.59. The van der Waals surface area contributed by atoms with Gasteiger partial charge in [0.2, 0.25) is 0 Å². The Bertz CT molecular complexity index is 631. The lowest BCUT2D eigenvalue weighted by Crippen LogP contribution is -2.12. The predicted molar refractivity (Wildman–Crippen MR) is 69.3 cm³/mol. The van der Waals surface area contributed by atoms with Crippen LogP contribution in [0, 0.1) is 19.7 Å². The van der Waals surface area contributed by atoms with Gasteiger partial charge in [-0.25, -0.2) is 4.39 Å². The molecule has 0 saturated carbocycles. The van der Waals surface area contributed by atoms with Crippen molar-refractivity contribution < 1.29 is 22.7 Å². The fraction of sp³-hybridized carbons (Fsp3) is 0.286. The molecule has 0 saturated heterocycles. The van der Waals surface area contributed by atoms with E-state index >= 15 is 0 Å². The molecule has 1 aromatic carbocycles. The Balaban J connectivity index is 2.51. The van der Waals surface area contributed by atoms with Crippen molar-refractivity contribution in [2.75, 3.05) is 0 Å². The third-order valence-electron chi connectivity index (χ3n) is 3.00. The zero-order chi connectivity index (χ0) is 15.1. The minimum absolute atomic E-state index is 0.360. The van der Waals surface area contributed by atoms with E-state index in [0.717, 1.165) is 15.8 Å². The number of aliphatic hydroxyl groups excluding tert-OH is 1. The predicted octanol–water partition coefficient (Wildman–Crippen LogP) is 4.60. The molecule has 2 rings (SSSR count). The van der Waals surface area contributed by atoms with Crippen molar-refractivity contribution in [3.8, 4) is 0 Å². The number of benzene rings is 1. The fourth-order valence-corrected chi connectivity index (χ4v) is 3.03. The molecule has 0 aliphatic carbocycles. The van der Waals surface area contributed by atoms with Gasteiger partial charge in [0.25, 0.3) is 0 Å². The minimum atomic E-state index is -4.78. The van der Waals surface area contributed by atoms with Crippen molar-refractivity contribution in [3.05, 3.63) is 56.5 Å². The smallest absolute Gasteiger partial charge is 0.384 e. The zero-order valence-electron chi connectivity index (χ0n) is 10.8. The van der Waals surface area contributed by atoms with E-state index in [4.69, 9.17) is 0 Å². The van der Waals surface area contributed by atoms with Crippen LogP contribution in [0.5, 0.6) is 0 Å². The fourth-order valence-electron chi connectivity index (χ4n) is 2.07. The second kappa shape index (κ2) is 5.18. The molecule has 1 N–H and O–H groups in total. The van der Waals surface area contributed by atoms with Crippen LogP contribution in [-0.4, -0.2) is 5.11 Å². The van der Waals surface area contributed by atoms with Gasteiger partial charge in [-0.05, 0) is 31.5 Å². The van der Waals surface area contributed by atoms with Crippen LogP contribution in [0.2, 0.25) is 0 Å². The zero-order valence-corrected chi connectivity index (χ0v) is 11.6. The lowest BCUT2D eigenvalue weighted by atomic mass is 9.99. The molecular formula is C14H12F4OS. The van der Waals surface area contributed by atoms with Crippen molar-refractivity contribution in [1.29, 1.82) is 0 Å². The topological polar surface area (TPSA) is 20.2 Å². The average Bonchev–Trinajstić information content (AvgIpc) is 2.66. The number of thiophene rings is 1. The highest BCUT2D eigenvalue weighted by atomic mass is 32.1. The van der Waals surface area contributed by atoms with Crippen LogP contribution in [-0.2, 0) is 6.18 Å². The summed E-state index contributed by atoms with van der Waals surface area (Å²) in [5.74, 6) is -1.42. The number of hydrogen-bond donors (Lipinski definition) is 1. The Kier molecular flexibility index (Phi) is 3.88. The van der Waals surface area contributed by atoms with Gasteiger partial charge in [0, 0.05) is 15.3 Å². The third-order valence-corrected chi connectivity index (χ3v) is 3.98. The quantitative estimate of drug-likeness (QED) is 0.804. The summed E-state index contributed by atoms with van der Waals surface area (Å²) in [7, 11) is 0. The van der Waals surface area contributed by atoms with Crippen LogP contribution in [0.15, 0.2) is 24.3 Å². The lowest BCUT2D eigenvalue weighted by molar-refractivity contribution is -0.140. The van der Waals surface area contributed by atoms with E-state index in [9.17, 15) is 22.7 Å². The Morgan fingerprint density at radius 3 is 2.30 bits per heavy atom. The Morgan fingerprint density at radius 2 is 1.80 bits per heavy atom. The van der Waals surface area contributed by atoms with E-state index in [0.29, 0.717) is 11.6 Å². The van der Waals surface area contributed by atoms with Crippen LogP contribution >= 0.6 is 11.3 Å². The molecule has 1 aromatic heterocycles. The van der Waals surface area contributed by atoms with Crippen LogP contribution in [0.4, 0.5) is 17.6 Å². The molecule has 0 aliphatic heterocycles. The van der Waals surface area contributed by atoms with Crippen molar-refractivity contribution >= 4 is 11.3 Å². The molecular weight excluding hydrogens is 292 g/mol. The summed E-state index contributed by atoms with van der Waals surface area (Å²) < 4.78 is 51.9. The number of rotatable bonds is 2. The van der Waals surface area contributed by atoms with Gasteiger partial charge in [-0.15, -0.1) is 11.3 Å². The SMILES string of the molecule is Cc1cc(C(O)c2cccc(C(F)(F)F)c2F)c(C)s1. The highest BCUT2D eigenvalue weighted by Gasteiger charge is 2.35. The molecule has 108 valence electrons. The van der Waals surface area contributed by atoms with E-state index in [1.54, 1.807) is 13.0 Å². The molecule has 1 nitrogen and oxygen atoms in total. The van der Waals surface area contributed by atoms with E-state index in [1.165, 1.54) is 17.4 Å². The molecule has 1 atom stereocenters. The second-order valence-electron chi connectivity index (χ2n) is 4.48. The van der Waals surface area contributed by atoms with Crippen LogP contribution < -0.4 is 0 Å². The maximum absolute atomic E-state index is 14.0. The molecule has 0 fully saturated rings. The molecule has 1 unspecified atom stereocenters. The van der Waals surface area contributed by atoms with Crippen molar-refractivity contribution in [2.24, 2.45) is 0 Å². The summed E-state index contributed by atoms with van der Waals surface area (Å²) in [5, 5.41) is 10.2. The Morgan fingerprint density at radius 1 is 1.15 bits per heavy atom. The summed E-state index contributed by atoms with van der Waals surface area (Å²) in [6.07, 6.45) is -6.18. The largest absolute Gasteiger partial charge is 0.419 e. The number of aliphatic hydroxyl groups is 1. The monoisotopic (exact) mass is 304 g/mol. The maximum atomic E-state index is 14.0.